The van der Waals surface area contributed by atoms with Crippen LogP contribution >= 0.6 is 22.9 Å². The van der Waals surface area contributed by atoms with Crippen LogP contribution in [0.1, 0.15) is 18.7 Å². The number of hydrogen-bond acceptors (Lipinski definition) is 4. The van der Waals surface area contributed by atoms with E-state index < -0.39 is 0 Å². The van der Waals surface area contributed by atoms with Crippen molar-refractivity contribution >= 4 is 34.8 Å². The van der Waals surface area contributed by atoms with E-state index in [1.807, 2.05) is 19.9 Å². The van der Waals surface area contributed by atoms with Crippen LogP contribution in [0, 0.1) is 0 Å². The molecule has 2 N–H and O–H groups in total. The highest BCUT2D eigenvalue weighted by molar-refractivity contribution is 7.16. The van der Waals surface area contributed by atoms with Crippen LogP contribution < -0.4 is 10.6 Å². The summed E-state index contributed by atoms with van der Waals surface area (Å²) in [6.45, 7) is 8.81. The lowest BCUT2D eigenvalue weighted by Crippen LogP contribution is -2.53. The number of halogens is 1. The standard InChI is InChI=1S/C16H26ClN5OS/c1-12(2)20-15(23)10-19-16(18-3)22-8-6-21(7-9-22)11-13-4-5-14(17)24-13/h4-5,12H,6-11H2,1-3H3,(H,18,19)(H,20,23). The van der Waals surface area contributed by atoms with Gasteiger partial charge in [-0.3, -0.25) is 14.7 Å². The lowest BCUT2D eigenvalue weighted by atomic mass is 10.3. The van der Waals surface area contributed by atoms with Gasteiger partial charge >= 0.3 is 0 Å². The Labute approximate surface area is 152 Å². The average molecular weight is 372 g/mol. The molecule has 1 aliphatic rings. The summed E-state index contributed by atoms with van der Waals surface area (Å²) in [4.78, 5) is 21.9. The Balaban J connectivity index is 1.76. The summed E-state index contributed by atoms with van der Waals surface area (Å²) in [6.07, 6.45) is 0. The number of thiophene rings is 1. The van der Waals surface area contributed by atoms with Crippen LogP contribution in [0.5, 0.6) is 0 Å². The monoisotopic (exact) mass is 371 g/mol. The van der Waals surface area contributed by atoms with Gasteiger partial charge in [-0.25, -0.2) is 0 Å². The van der Waals surface area contributed by atoms with Crippen molar-refractivity contribution in [3.63, 3.8) is 0 Å². The first-order chi connectivity index (χ1) is 11.5. The molecule has 1 aromatic rings. The highest BCUT2D eigenvalue weighted by atomic mass is 35.5. The molecule has 1 amide bonds. The van der Waals surface area contributed by atoms with E-state index >= 15 is 0 Å². The zero-order valence-corrected chi connectivity index (χ0v) is 16.1. The van der Waals surface area contributed by atoms with Crippen molar-refractivity contribution in [2.45, 2.75) is 26.4 Å². The summed E-state index contributed by atoms with van der Waals surface area (Å²) in [5.74, 6) is 0.770. The van der Waals surface area contributed by atoms with Crippen LogP contribution in [-0.4, -0.2) is 67.5 Å². The van der Waals surface area contributed by atoms with Crippen molar-refractivity contribution in [3.8, 4) is 0 Å². The molecule has 1 aromatic heterocycles. The predicted octanol–water partition coefficient (Wildman–Crippen LogP) is 1.62. The second kappa shape index (κ2) is 9.25. The Kier molecular flexibility index (Phi) is 7.33. The third-order valence-corrected chi connectivity index (χ3v) is 4.96. The van der Waals surface area contributed by atoms with Gasteiger partial charge in [0.15, 0.2) is 5.96 Å². The Morgan fingerprint density at radius 2 is 2.04 bits per heavy atom. The van der Waals surface area contributed by atoms with E-state index in [1.54, 1.807) is 18.4 Å². The molecule has 0 unspecified atom stereocenters. The van der Waals surface area contributed by atoms with Gasteiger partial charge in [0.2, 0.25) is 5.91 Å². The number of carbonyl (C=O) groups is 1. The molecule has 0 radical (unpaired) electrons. The maximum atomic E-state index is 11.7. The summed E-state index contributed by atoms with van der Waals surface area (Å²) >= 11 is 7.63. The number of amides is 1. The van der Waals surface area contributed by atoms with Crippen LogP contribution in [0.4, 0.5) is 0 Å². The molecule has 1 fully saturated rings. The van der Waals surface area contributed by atoms with Crippen LogP contribution in [0.2, 0.25) is 4.34 Å². The number of hydrogen-bond donors (Lipinski definition) is 2. The second-order valence-corrected chi connectivity index (χ2v) is 7.89. The number of nitrogens with one attached hydrogen (secondary N) is 2. The number of aliphatic imine (C=N–C) groups is 1. The summed E-state index contributed by atoms with van der Waals surface area (Å²) in [5, 5.41) is 6.01. The molecule has 24 heavy (non-hydrogen) atoms. The van der Waals surface area contributed by atoms with Crippen molar-refractivity contribution in [3.05, 3.63) is 21.3 Å². The van der Waals surface area contributed by atoms with Crippen molar-refractivity contribution in [2.75, 3.05) is 39.8 Å². The van der Waals surface area contributed by atoms with Gasteiger partial charge in [-0.1, -0.05) is 11.6 Å². The van der Waals surface area contributed by atoms with Crippen LogP contribution in [0.3, 0.4) is 0 Å². The van der Waals surface area contributed by atoms with Crippen LogP contribution in [-0.2, 0) is 11.3 Å². The molecule has 8 heteroatoms. The Bertz CT molecular complexity index is 567. The number of rotatable bonds is 5. The molecule has 6 nitrogen and oxygen atoms in total. The van der Waals surface area contributed by atoms with Crippen molar-refractivity contribution in [1.29, 1.82) is 0 Å². The second-order valence-electron chi connectivity index (χ2n) is 6.09. The maximum absolute atomic E-state index is 11.7. The minimum Gasteiger partial charge on any atom is -0.352 e. The quantitative estimate of drug-likeness (QED) is 0.610. The number of guanidine groups is 1. The lowest BCUT2D eigenvalue weighted by Gasteiger charge is -2.36. The van der Waals surface area contributed by atoms with Crippen molar-refractivity contribution in [1.82, 2.24) is 20.4 Å². The zero-order valence-electron chi connectivity index (χ0n) is 14.5. The van der Waals surface area contributed by atoms with Gasteiger partial charge in [0.1, 0.15) is 0 Å². The minimum absolute atomic E-state index is 0.0145. The summed E-state index contributed by atoms with van der Waals surface area (Å²) in [6, 6.07) is 4.19. The number of piperazine rings is 1. The molecule has 0 spiro atoms. The van der Waals surface area contributed by atoms with E-state index in [0.29, 0.717) is 0 Å². The Morgan fingerprint density at radius 3 is 2.58 bits per heavy atom. The predicted molar refractivity (Wildman–Crippen MR) is 101 cm³/mol. The topological polar surface area (TPSA) is 60.0 Å². The fourth-order valence-corrected chi connectivity index (χ4v) is 3.77. The van der Waals surface area contributed by atoms with E-state index in [2.05, 4.69) is 31.5 Å². The molecule has 1 saturated heterocycles. The number of nitrogens with zero attached hydrogens (tertiary/aromatic N) is 3. The van der Waals surface area contributed by atoms with Gasteiger partial charge in [-0.15, -0.1) is 11.3 Å². The van der Waals surface area contributed by atoms with Gasteiger partial charge in [0.25, 0.3) is 0 Å². The largest absolute Gasteiger partial charge is 0.352 e. The van der Waals surface area contributed by atoms with Gasteiger partial charge < -0.3 is 15.5 Å². The molecule has 2 heterocycles. The van der Waals surface area contributed by atoms with Crippen molar-refractivity contribution < 1.29 is 4.79 Å². The van der Waals surface area contributed by atoms with Gasteiger partial charge in [0.05, 0.1) is 10.9 Å². The maximum Gasteiger partial charge on any atom is 0.239 e. The zero-order chi connectivity index (χ0) is 17.5. The summed E-state index contributed by atoms with van der Waals surface area (Å²) in [7, 11) is 1.75. The highest BCUT2D eigenvalue weighted by Crippen LogP contribution is 2.23. The lowest BCUT2D eigenvalue weighted by molar-refractivity contribution is -0.120. The third kappa shape index (κ3) is 5.96. The molecular weight excluding hydrogens is 346 g/mol. The molecule has 0 bridgehead atoms. The molecule has 134 valence electrons. The fraction of sp³-hybridized carbons (Fsp3) is 0.625. The van der Waals surface area contributed by atoms with E-state index in [4.69, 9.17) is 11.6 Å². The van der Waals surface area contributed by atoms with Crippen LogP contribution in [0.25, 0.3) is 0 Å². The molecule has 0 aliphatic carbocycles. The van der Waals surface area contributed by atoms with Gasteiger partial charge in [-0.2, -0.15) is 0 Å². The number of carbonyl (C=O) groups excluding carboxylic acids is 1. The minimum atomic E-state index is -0.0145. The summed E-state index contributed by atoms with van der Waals surface area (Å²) in [5.41, 5.74) is 0. The summed E-state index contributed by atoms with van der Waals surface area (Å²) < 4.78 is 0.841. The first kappa shape index (κ1) is 19.0. The first-order valence-corrected chi connectivity index (χ1v) is 9.39. The average Bonchev–Trinajstić information content (AvgIpc) is 2.94. The smallest absolute Gasteiger partial charge is 0.239 e. The molecule has 0 atom stereocenters. The Hall–Kier alpha value is -1.31. The SMILES string of the molecule is CN=C(NCC(=O)NC(C)C)N1CCN(Cc2ccc(Cl)s2)CC1. The molecule has 0 saturated carbocycles. The molecule has 1 aliphatic heterocycles. The van der Waals surface area contributed by atoms with Crippen molar-refractivity contribution in [2.24, 2.45) is 4.99 Å². The first-order valence-electron chi connectivity index (χ1n) is 8.19. The molecule has 0 aromatic carbocycles. The van der Waals surface area contributed by atoms with E-state index in [0.717, 1.165) is 43.0 Å². The molecule has 2 rings (SSSR count). The van der Waals surface area contributed by atoms with Crippen LogP contribution in [0.15, 0.2) is 17.1 Å². The van der Waals surface area contributed by atoms with Gasteiger partial charge in [-0.05, 0) is 26.0 Å². The fourth-order valence-electron chi connectivity index (χ4n) is 2.64. The molecular formula is C16H26ClN5OS. The third-order valence-electron chi connectivity index (χ3n) is 3.75. The van der Waals surface area contributed by atoms with E-state index in [-0.39, 0.29) is 18.5 Å². The van der Waals surface area contributed by atoms with E-state index in [1.165, 1.54) is 4.88 Å². The Morgan fingerprint density at radius 1 is 1.33 bits per heavy atom. The highest BCUT2D eigenvalue weighted by Gasteiger charge is 2.20. The normalized spacial score (nSPS) is 16.5. The van der Waals surface area contributed by atoms with E-state index in [9.17, 15) is 4.79 Å². The van der Waals surface area contributed by atoms with Gasteiger partial charge in [0, 0.05) is 50.7 Å².